The molecule has 0 radical (unpaired) electrons. The molecule has 3 atom stereocenters. The quantitative estimate of drug-likeness (QED) is 0.293. The molecule has 0 aromatic rings. The highest BCUT2D eigenvalue weighted by Gasteiger charge is 2.35. The predicted octanol–water partition coefficient (Wildman–Crippen LogP) is 0.467. The van der Waals surface area contributed by atoms with Gasteiger partial charge in [-0.15, -0.1) is 0 Å². The molecule has 7 nitrogen and oxygen atoms in total. The second kappa shape index (κ2) is 10.9. The standard InChI is InChI=1S/C11H23N2O5PS2/c12-3-5-21-20-4-1-2-11(15)13-7-10(18-19(16)17)6-9(13)8-14/h9-10,14,19H,1-8,12H2,(H,16,17)/t9-,10+/m0/s1. The average Bonchev–Trinajstić information content (AvgIpc) is 2.84. The number of carbonyl (C=O) groups excluding carboxylic acids is 1. The number of likely N-dealkylation sites (tertiary alicyclic amines) is 1. The second-order valence-electron chi connectivity index (χ2n) is 4.66. The molecule has 1 rings (SSSR count). The van der Waals surface area contributed by atoms with E-state index in [2.05, 4.69) is 0 Å². The van der Waals surface area contributed by atoms with Gasteiger partial charge in [-0.05, 0) is 12.8 Å². The van der Waals surface area contributed by atoms with Crippen molar-refractivity contribution in [2.45, 2.75) is 31.4 Å². The maximum atomic E-state index is 12.1. The summed E-state index contributed by atoms with van der Waals surface area (Å²) in [6.45, 7) is 0.771. The van der Waals surface area contributed by atoms with Crippen molar-refractivity contribution in [2.75, 3.05) is 31.2 Å². The zero-order chi connectivity index (χ0) is 15.7. The fraction of sp³-hybridized carbons (Fsp3) is 0.909. The molecule has 124 valence electrons. The van der Waals surface area contributed by atoms with Crippen LogP contribution in [-0.2, 0) is 13.9 Å². The van der Waals surface area contributed by atoms with Gasteiger partial charge in [0.05, 0.1) is 18.8 Å². The van der Waals surface area contributed by atoms with Gasteiger partial charge in [0, 0.05) is 31.0 Å². The van der Waals surface area contributed by atoms with Crippen LogP contribution in [-0.4, -0.2) is 64.2 Å². The lowest BCUT2D eigenvalue weighted by Gasteiger charge is -2.22. The van der Waals surface area contributed by atoms with E-state index in [-0.39, 0.29) is 25.1 Å². The summed E-state index contributed by atoms with van der Waals surface area (Å²) in [5.41, 5.74) is 5.38. The van der Waals surface area contributed by atoms with Crippen molar-refractivity contribution in [3.05, 3.63) is 0 Å². The number of hydrogen-bond acceptors (Lipinski definition) is 7. The third-order valence-electron chi connectivity index (χ3n) is 3.08. The minimum atomic E-state index is -3.01. The third kappa shape index (κ3) is 7.36. The first-order chi connectivity index (χ1) is 10.1. The largest absolute Gasteiger partial charge is 0.394 e. The van der Waals surface area contributed by atoms with E-state index >= 15 is 0 Å². The number of rotatable bonds is 10. The summed E-state index contributed by atoms with van der Waals surface area (Å²) in [5, 5.41) is 9.30. The lowest BCUT2D eigenvalue weighted by Crippen LogP contribution is -2.37. The molecule has 1 amide bonds. The summed E-state index contributed by atoms with van der Waals surface area (Å²) in [4.78, 5) is 22.5. The van der Waals surface area contributed by atoms with Crippen LogP contribution in [0.3, 0.4) is 0 Å². The normalized spacial score (nSPS) is 23.5. The lowest BCUT2D eigenvalue weighted by atomic mass is 10.2. The van der Waals surface area contributed by atoms with Crippen molar-refractivity contribution in [1.82, 2.24) is 4.90 Å². The lowest BCUT2D eigenvalue weighted by molar-refractivity contribution is -0.133. The van der Waals surface area contributed by atoms with Gasteiger partial charge in [-0.1, -0.05) is 21.6 Å². The summed E-state index contributed by atoms with van der Waals surface area (Å²) < 4.78 is 15.6. The van der Waals surface area contributed by atoms with Crippen LogP contribution in [0.1, 0.15) is 19.3 Å². The summed E-state index contributed by atoms with van der Waals surface area (Å²) >= 11 is 0. The summed E-state index contributed by atoms with van der Waals surface area (Å²) in [5.74, 6) is 1.73. The Morgan fingerprint density at radius 1 is 1.43 bits per heavy atom. The SMILES string of the molecule is NCCSSCCCC(=O)N1C[C@H](O[PH](=O)O)C[C@H]1CO. The molecule has 1 aliphatic rings. The molecule has 0 saturated carbocycles. The Labute approximate surface area is 133 Å². The van der Waals surface area contributed by atoms with Crippen LogP contribution in [0.4, 0.5) is 0 Å². The Hall–Kier alpha value is 0.240. The van der Waals surface area contributed by atoms with Crippen LogP contribution in [0.2, 0.25) is 0 Å². The van der Waals surface area contributed by atoms with Crippen LogP contribution in [0, 0.1) is 0 Å². The Kier molecular flexibility index (Phi) is 9.99. The molecule has 0 aliphatic carbocycles. The van der Waals surface area contributed by atoms with E-state index in [4.69, 9.17) is 15.2 Å². The zero-order valence-electron chi connectivity index (χ0n) is 11.8. The summed E-state index contributed by atoms with van der Waals surface area (Å²) in [6.07, 6.45) is 1.11. The molecule has 1 heterocycles. The molecule has 1 fully saturated rings. The molecular formula is C11H23N2O5PS2. The number of nitrogens with two attached hydrogens (primary N) is 1. The van der Waals surface area contributed by atoms with Crippen molar-refractivity contribution in [3.63, 3.8) is 0 Å². The molecule has 0 bridgehead atoms. The number of nitrogens with zero attached hydrogens (tertiary/aromatic N) is 1. The van der Waals surface area contributed by atoms with E-state index < -0.39 is 14.4 Å². The molecule has 21 heavy (non-hydrogen) atoms. The van der Waals surface area contributed by atoms with Gasteiger partial charge in [-0.25, -0.2) is 0 Å². The van der Waals surface area contributed by atoms with Crippen molar-refractivity contribution < 1.29 is 23.9 Å². The molecule has 0 aromatic carbocycles. The maximum Gasteiger partial charge on any atom is 0.316 e. The monoisotopic (exact) mass is 358 g/mol. The zero-order valence-corrected chi connectivity index (χ0v) is 14.4. The summed E-state index contributed by atoms with van der Waals surface area (Å²) in [7, 11) is 0.384. The molecule has 0 spiro atoms. The Morgan fingerprint density at radius 2 is 2.14 bits per heavy atom. The van der Waals surface area contributed by atoms with Crippen molar-refractivity contribution in [3.8, 4) is 0 Å². The van der Waals surface area contributed by atoms with Gasteiger partial charge in [-0.2, -0.15) is 0 Å². The first-order valence-electron chi connectivity index (χ1n) is 6.82. The van der Waals surface area contributed by atoms with Gasteiger partial charge in [0.2, 0.25) is 5.91 Å². The molecule has 4 N–H and O–H groups in total. The smallest absolute Gasteiger partial charge is 0.316 e. The highest BCUT2D eigenvalue weighted by molar-refractivity contribution is 8.76. The van der Waals surface area contributed by atoms with Crippen LogP contribution in [0.5, 0.6) is 0 Å². The van der Waals surface area contributed by atoms with E-state index in [9.17, 15) is 14.5 Å². The number of aliphatic hydroxyl groups excluding tert-OH is 1. The topological polar surface area (TPSA) is 113 Å². The molecule has 1 aliphatic heterocycles. The third-order valence-corrected chi connectivity index (χ3v) is 6.14. The molecule has 10 heteroatoms. The number of amides is 1. The van der Waals surface area contributed by atoms with Crippen LogP contribution in [0.15, 0.2) is 0 Å². The average molecular weight is 358 g/mol. The van der Waals surface area contributed by atoms with E-state index in [1.165, 1.54) is 0 Å². The van der Waals surface area contributed by atoms with Crippen LogP contribution < -0.4 is 5.73 Å². The van der Waals surface area contributed by atoms with Crippen LogP contribution >= 0.6 is 29.8 Å². The van der Waals surface area contributed by atoms with Gasteiger partial charge < -0.3 is 25.2 Å². The number of hydrogen-bond donors (Lipinski definition) is 3. The first-order valence-corrected chi connectivity index (χ1v) is 10.6. The van der Waals surface area contributed by atoms with E-state index in [1.54, 1.807) is 26.5 Å². The fourth-order valence-electron chi connectivity index (χ4n) is 2.17. The number of aliphatic hydroxyl groups is 1. The van der Waals surface area contributed by atoms with Gasteiger partial charge >= 0.3 is 8.25 Å². The van der Waals surface area contributed by atoms with E-state index in [1.807, 2.05) is 0 Å². The summed E-state index contributed by atoms with van der Waals surface area (Å²) in [6, 6.07) is -0.317. The van der Waals surface area contributed by atoms with E-state index in [0.717, 1.165) is 17.9 Å². The minimum Gasteiger partial charge on any atom is -0.394 e. The Morgan fingerprint density at radius 3 is 2.76 bits per heavy atom. The van der Waals surface area contributed by atoms with Gasteiger partial charge in [0.25, 0.3) is 0 Å². The molecule has 1 saturated heterocycles. The number of carbonyl (C=O) groups is 1. The highest BCUT2D eigenvalue weighted by atomic mass is 33.1. The molecule has 0 aromatic heterocycles. The van der Waals surface area contributed by atoms with Crippen molar-refractivity contribution in [2.24, 2.45) is 5.73 Å². The molecule has 1 unspecified atom stereocenters. The van der Waals surface area contributed by atoms with Gasteiger partial charge in [0.15, 0.2) is 0 Å². The Balaban J connectivity index is 2.29. The van der Waals surface area contributed by atoms with E-state index in [0.29, 0.717) is 19.4 Å². The van der Waals surface area contributed by atoms with Crippen molar-refractivity contribution in [1.29, 1.82) is 0 Å². The van der Waals surface area contributed by atoms with Crippen molar-refractivity contribution >= 4 is 35.7 Å². The highest BCUT2D eigenvalue weighted by Crippen LogP contribution is 2.28. The van der Waals surface area contributed by atoms with Crippen LogP contribution in [0.25, 0.3) is 0 Å². The van der Waals surface area contributed by atoms with Gasteiger partial charge in [-0.3, -0.25) is 9.36 Å². The minimum absolute atomic E-state index is 0.0396. The fourth-order valence-corrected chi connectivity index (χ4v) is 4.57. The predicted molar refractivity (Wildman–Crippen MR) is 86.5 cm³/mol. The molecular weight excluding hydrogens is 335 g/mol. The maximum absolute atomic E-state index is 12.1. The first kappa shape index (κ1) is 19.3. The van der Waals surface area contributed by atoms with Gasteiger partial charge in [0.1, 0.15) is 0 Å². The second-order valence-corrected chi connectivity index (χ2v) is 8.13. The Bertz CT molecular complexity index is 351.